The van der Waals surface area contributed by atoms with Crippen molar-refractivity contribution in [3.8, 4) is 11.5 Å². The first-order valence-corrected chi connectivity index (χ1v) is 9.03. The molecule has 0 unspecified atom stereocenters. The normalized spacial score (nSPS) is 11.1. The molecule has 0 saturated carbocycles. The fourth-order valence-corrected chi connectivity index (χ4v) is 3.87. The van der Waals surface area contributed by atoms with Gasteiger partial charge in [-0.25, -0.2) is 13.1 Å². The Morgan fingerprint density at radius 1 is 1.08 bits per heavy atom. The van der Waals surface area contributed by atoms with E-state index in [9.17, 15) is 13.5 Å². The highest BCUT2D eigenvalue weighted by Crippen LogP contribution is 2.28. The standard InChI is InChI=1S/C18H18N2O4S.ClH/c1-24-17-10-12(8-9-16(17)21)11-20-25(22,23)18-7-3-4-13-14(18)5-2-6-15(13)19;/h2-10,20-21H,11,19H2,1H3;1H. The molecule has 0 saturated heterocycles. The summed E-state index contributed by atoms with van der Waals surface area (Å²) in [5, 5.41) is 10.9. The van der Waals surface area contributed by atoms with Crippen LogP contribution in [0.25, 0.3) is 10.8 Å². The van der Waals surface area contributed by atoms with Crippen LogP contribution < -0.4 is 15.2 Å². The Morgan fingerprint density at radius 2 is 1.77 bits per heavy atom. The Labute approximate surface area is 158 Å². The summed E-state index contributed by atoms with van der Waals surface area (Å²) in [6.07, 6.45) is 0. The molecule has 0 fully saturated rings. The molecular formula is C18H19ClN2O4S. The fourth-order valence-electron chi connectivity index (χ4n) is 2.63. The molecule has 138 valence electrons. The minimum atomic E-state index is -3.74. The van der Waals surface area contributed by atoms with Gasteiger partial charge in [0.15, 0.2) is 11.5 Å². The van der Waals surface area contributed by atoms with Crippen molar-refractivity contribution in [1.82, 2.24) is 4.72 Å². The third-order valence-electron chi connectivity index (χ3n) is 3.92. The number of hydrogen-bond acceptors (Lipinski definition) is 5. The summed E-state index contributed by atoms with van der Waals surface area (Å²) < 4.78 is 33.0. The van der Waals surface area contributed by atoms with E-state index >= 15 is 0 Å². The van der Waals surface area contributed by atoms with Crippen LogP contribution in [0.2, 0.25) is 0 Å². The first kappa shape index (κ1) is 19.8. The van der Waals surface area contributed by atoms with Crippen molar-refractivity contribution in [2.75, 3.05) is 12.8 Å². The molecule has 6 nitrogen and oxygen atoms in total. The quantitative estimate of drug-likeness (QED) is 0.577. The molecule has 0 spiro atoms. The number of fused-ring (bicyclic) bond motifs is 1. The largest absolute Gasteiger partial charge is 0.504 e. The third-order valence-corrected chi connectivity index (χ3v) is 5.38. The van der Waals surface area contributed by atoms with Crippen molar-refractivity contribution in [3.05, 3.63) is 60.2 Å². The molecule has 0 aliphatic heterocycles. The second-order valence-electron chi connectivity index (χ2n) is 5.53. The van der Waals surface area contributed by atoms with Crippen molar-refractivity contribution >= 4 is 38.9 Å². The van der Waals surface area contributed by atoms with E-state index in [0.29, 0.717) is 22.0 Å². The highest BCUT2D eigenvalue weighted by atomic mass is 35.5. The number of phenols is 1. The zero-order valence-corrected chi connectivity index (χ0v) is 15.6. The monoisotopic (exact) mass is 394 g/mol. The van der Waals surface area contributed by atoms with Crippen LogP contribution in [0.4, 0.5) is 5.69 Å². The predicted octanol–water partition coefficient (Wildman–Crippen LogP) is 3.04. The highest BCUT2D eigenvalue weighted by Gasteiger charge is 2.17. The van der Waals surface area contributed by atoms with Gasteiger partial charge in [0, 0.05) is 23.0 Å². The summed E-state index contributed by atoms with van der Waals surface area (Å²) in [4.78, 5) is 0.169. The van der Waals surface area contributed by atoms with Crippen LogP contribution in [0, 0.1) is 0 Å². The maximum Gasteiger partial charge on any atom is 0.241 e. The highest BCUT2D eigenvalue weighted by molar-refractivity contribution is 7.89. The first-order chi connectivity index (χ1) is 11.9. The summed E-state index contributed by atoms with van der Waals surface area (Å²) in [6.45, 7) is 0.0671. The van der Waals surface area contributed by atoms with E-state index < -0.39 is 10.0 Å². The number of benzene rings is 3. The molecule has 0 bridgehead atoms. The van der Waals surface area contributed by atoms with E-state index in [0.717, 1.165) is 0 Å². The van der Waals surface area contributed by atoms with Gasteiger partial charge in [0.1, 0.15) is 0 Å². The van der Waals surface area contributed by atoms with Crippen molar-refractivity contribution in [2.45, 2.75) is 11.4 Å². The van der Waals surface area contributed by atoms with Gasteiger partial charge in [-0.3, -0.25) is 0 Å². The molecule has 0 aliphatic carbocycles. The molecule has 4 N–H and O–H groups in total. The van der Waals surface area contributed by atoms with E-state index in [-0.39, 0.29) is 35.3 Å². The van der Waals surface area contributed by atoms with Crippen molar-refractivity contribution in [1.29, 1.82) is 0 Å². The van der Waals surface area contributed by atoms with Gasteiger partial charge in [0.25, 0.3) is 0 Å². The Bertz CT molecular complexity index is 1040. The van der Waals surface area contributed by atoms with E-state index in [1.54, 1.807) is 48.5 Å². The molecule has 0 amide bonds. The Kier molecular flexibility index (Phi) is 5.97. The zero-order valence-electron chi connectivity index (χ0n) is 14.0. The molecule has 3 aromatic rings. The molecule has 0 radical (unpaired) electrons. The van der Waals surface area contributed by atoms with Crippen LogP contribution in [0.3, 0.4) is 0 Å². The number of anilines is 1. The average molecular weight is 395 g/mol. The smallest absolute Gasteiger partial charge is 0.241 e. The summed E-state index contributed by atoms with van der Waals surface area (Å²) in [7, 11) is -2.31. The molecule has 0 aromatic heterocycles. The second kappa shape index (κ2) is 7.82. The Balaban J connectivity index is 0.00000243. The molecule has 0 atom stereocenters. The topological polar surface area (TPSA) is 102 Å². The number of nitrogens with one attached hydrogen (secondary N) is 1. The van der Waals surface area contributed by atoms with Gasteiger partial charge in [-0.2, -0.15) is 0 Å². The molecule has 3 aromatic carbocycles. The SMILES string of the molecule is COc1cc(CNS(=O)(=O)c2cccc3c(N)cccc23)ccc1O.Cl. The Hall–Kier alpha value is -2.48. The van der Waals surface area contributed by atoms with Gasteiger partial charge < -0.3 is 15.6 Å². The van der Waals surface area contributed by atoms with Crippen LogP contribution >= 0.6 is 12.4 Å². The lowest BCUT2D eigenvalue weighted by Gasteiger charge is -2.11. The summed E-state index contributed by atoms with van der Waals surface area (Å²) in [6, 6.07) is 14.8. The van der Waals surface area contributed by atoms with Crippen molar-refractivity contribution in [3.63, 3.8) is 0 Å². The van der Waals surface area contributed by atoms with Crippen LogP contribution in [-0.2, 0) is 16.6 Å². The molecule has 8 heteroatoms. The fraction of sp³-hybridized carbons (Fsp3) is 0.111. The summed E-state index contributed by atoms with van der Waals surface area (Å²) >= 11 is 0. The summed E-state index contributed by atoms with van der Waals surface area (Å²) in [5.41, 5.74) is 7.12. The number of phenolic OH excluding ortho intramolecular Hbond substituents is 1. The van der Waals surface area contributed by atoms with Crippen LogP contribution in [-0.4, -0.2) is 20.6 Å². The lowest BCUT2D eigenvalue weighted by Crippen LogP contribution is -2.23. The number of halogens is 1. The number of nitrogens with two attached hydrogens (primary N) is 1. The number of hydrogen-bond donors (Lipinski definition) is 3. The number of sulfonamides is 1. The van der Waals surface area contributed by atoms with E-state index in [2.05, 4.69) is 4.72 Å². The van der Waals surface area contributed by atoms with Gasteiger partial charge in [0.05, 0.1) is 12.0 Å². The van der Waals surface area contributed by atoms with Crippen LogP contribution in [0.15, 0.2) is 59.5 Å². The second-order valence-corrected chi connectivity index (χ2v) is 7.26. The first-order valence-electron chi connectivity index (χ1n) is 7.55. The number of aromatic hydroxyl groups is 1. The average Bonchev–Trinajstić information content (AvgIpc) is 2.61. The van der Waals surface area contributed by atoms with Crippen molar-refractivity contribution in [2.24, 2.45) is 0 Å². The number of nitrogen functional groups attached to an aromatic ring is 1. The van der Waals surface area contributed by atoms with Gasteiger partial charge >= 0.3 is 0 Å². The zero-order chi connectivity index (χ0) is 18.0. The Morgan fingerprint density at radius 3 is 2.50 bits per heavy atom. The van der Waals surface area contributed by atoms with Crippen molar-refractivity contribution < 1.29 is 18.3 Å². The maximum absolute atomic E-state index is 12.7. The molecule has 0 heterocycles. The number of rotatable bonds is 5. The predicted molar refractivity (Wildman–Crippen MR) is 104 cm³/mol. The molecule has 26 heavy (non-hydrogen) atoms. The van der Waals surface area contributed by atoms with E-state index in [1.165, 1.54) is 13.2 Å². The summed E-state index contributed by atoms with van der Waals surface area (Å²) in [5.74, 6) is 0.285. The molecule has 0 aliphatic rings. The van der Waals surface area contributed by atoms with Gasteiger partial charge in [-0.1, -0.05) is 30.3 Å². The lowest BCUT2D eigenvalue weighted by atomic mass is 10.1. The molecule has 3 rings (SSSR count). The van der Waals surface area contributed by atoms with E-state index in [4.69, 9.17) is 10.5 Å². The number of ether oxygens (including phenoxy) is 1. The lowest BCUT2D eigenvalue weighted by molar-refractivity contribution is 0.373. The van der Waals surface area contributed by atoms with Crippen LogP contribution in [0.1, 0.15) is 5.56 Å². The van der Waals surface area contributed by atoms with Gasteiger partial charge in [-0.15, -0.1) is 12.4 Å². The van der Waals surface area contributed by atoms with Gasteiger partial charge in [0.2, 0.25) is 10.0 Å². The maximum atomic E-state index is 12.7. The third kappa shape index (κ3) is 3.85. The van der Waals surface area contributed by atoms with Gasteiger partial charge in [-0.05, 0) is 29.8 Å². The number of methoxy groups -OCH3 is 1. The minimum Gasteiger partial charge on any atom is -0.504 e. The van der Waals surface area contributed by atoms with E-state index in [1.807, 2.05) is 0 Å². The molecular weight excluding hydrogens is 376 g/mol. The minimum absolute atomic E-state index is 0. The van der Waals surface area contributed by atoms with Crippen LogP contribution in [0.5, 0.6) is 11.5 Å².